The number of carbonyl (C=O) groups excluding carboxylic acids is 1. The first-order valence-electron chi connectivity index (χ1n) is 9.25. The number of benzene rings is 1. The van der Waals surface area contributed by atoms with Crippen LogP contribution in [0.2, 0.25) is 0 Å². The van der Waals surface area contributed by atoms with Crippen LogP contribution in [0.4, 0.5) is 5.69 Å². The molecule has 26 heavy (non-hydrogen) atoms. The van der Waals surface area contributed by atoms with Crippen LogP contribution in [0.3, 0.4) is 0 Å². The van der Waals surface area contributed by atoms with E-state index >= 15 is 0 Å². The average Bonchev–Trinajstić information content (AvgIpc) is 2.61. The number of thiocarbonyl (C=S) groups is 1. The van der Waals surface area contributed by atoms with Crippen molar-refractivity contribution in [2.75, 3.05) is 19.0 Å². The highest BCUT2D eigenvalue weighted by Gasteiger charge is 2.59. The first-order chi connectivity index (χ1) is 12.4. The fraction of sp³-hybridized carbons (Fsp3) is 0.600. The lowest BCUT2D eigenvalue weighted by atomic mass is 9.45. The molecule has 0 amide bonds. The normalized spacial score (nSPS) is 28.5. The fourth-order valence-corrected chi connectivity index (χ4v) is 4.77. The van der Waals surface area contributed by atoms with E-state index in [-0.39, 0.29) is 23.3 Å². The van der Waals surface area contributed by atoms with Crippen molar-refractivity contribution in [2.24, 2.45) is 23.2 Å². The van der Waals surface area contributed by atoms with Crippen molar-refractivity contribution < 1.29 is 14.3 Å². The number of hydrogen-bond acceptors (Lipinski definition) is 4. The van der Waals surface area contributed by atoms with E-state index in [2.05, 4.69) is 24.5 Å². The monoisotopic (exact) mass is 376 g/mol. The van der Waals surface area contributed by atoms with E-state index in [9.17, 15) is 4.79 Å². The molecule has 6 heteroatoms. The molecule has 3 aliphatic rings. The number of fused-ring (bicyclic) bond motifs is 2. The molecule has 142 valence electrons. The van der Waals surface area contributed by atoms with Crippen LogP contribution in [0.5, 0.6) is 5.75 Å². The van der Waals surface area contributed by atoms with E-state index in [4.69, 9.17) is 21.7 Å². The molecule has 0 saturated heterocycles. The highest BCUT2D eigenvalue weighted by atomic mass is 32.1. The first-order valence-corrected chi connectivity index (χ1v) is 9.65. The van der Waals surface area contributed by atoms with Crippen LogP contribution in [0.15, 0.2) is 24.3 Å². The maximum Gasteiger partial charge on any atom is 0.311 e. The minimum absolute atomic E-state index is 0.000317. The van der Waals surface area contributed by atoms with E-state index in [0.29, 0.717) is 23.6 Å². The van der Waals surface area contributed by atoms with Gasteiger partial charge in [-0.3, -0.25) is 4.79 Å². The van der Waals surface area contributed by atoms with E-state index in [1.807, 2.05) is 31.2 Å². The topological polar surface area (TPSA) is 59.6 Å². The summed E-state index contributed by atoms with van der Waals surface area (Å²) < 4.78 is 10.6. The second kappa shape index (κ2) is 7.43. The standard InChI is InChI=1S/C20H28N2O3S/c1-5-25-18(23)15-9-12-10-16(20(12,2)3)17(15)22-19(26)21-13-7-6-8-14(11-13)24-4/h6-8,11-12,15-17H,5,9-10H2,1-4H3,(H2,21,22,26)/t12-,15+,16+,17-/m1/s1. The van der Waals surface area contributed by atoms with Gasteiger partial charge in [-0.25, -0.2) is 0 Å². The molecule has 0 radical (unpaired) electrons. The second-order valence-corrected chi connectivity index (χ2v) is 8.22. The Morgan fingerprint density at radius 1 is 1.35 bits per heavy atom. The molecule has 2 N–H and O–H groups in total. The number of anilines is 1. The van der Waals surface area contributed by atoms with Gasteiger partial charge in [0.2, 0.25) is 0 Å². The summed E-state index contributed by atoms with van der Waals surface area (Å²) in [6.07, 6.45) is 2.00. The summed E-state index contributed by atoms with van der Waals surface area (Å²) >= 11 is 5.53. The number of ether oxygens (including phenoxy) is 2. The fourth-order valence-electron chi connectivity index (χ4n) is 4.51. The SMILES string of the molecule is CCOC(=O)[C@H]1C[C@@H]2C[C@@H]([C@@H]1NC(=S)Nc1cccc(OC)c1)C2(C)C. The molecular formula is C20H28N2O3S. The lowest BCUT2D eigenvalue weighted by molar-refractivity contribution is -0.166. The molecule has 3 fully saturated rings. The maximum absolute atomic E-state index is 12.5. The summed E-state index contributed by atoms with van der Waals surface area (Å²) in [4.78, 5) is 12.5. The zero-order valence-electron chi connectivity index (χ0n) is 15.9. The molecule has 3 saturated carbocycles. The molecule has 0 unspecified atom stereocenters. The zero-order valence-corrected chi connectivity index (χ0v) is 16.7. The predicted molar refractivity (Wildman–Crippen MR) is 106 cm³/mol. The third kappa shape index (κ3) is 3.52. The smallest absolute Gasteiger partial charge is 0.311 e. The molecular weight excluding hydrogens is 348 g/mol. The highest BCUT2D eigenvalue weighted by molar-refractivity contribution is 7.80. The molecule has 2 bridgehead atoms. The van der Waals surface area contributed by atoms with E-state index in [1.54, 1.807) is 7.11 Å². The van der Waals surface area contributed by atoms with Crippen molar-refractivity contribution >= 4 is 29.0 Å². The quantitative estimate of drug-likeness (QED) is 0.605. The summed E-state index contributed by atoms with van der Waals surface area (Å²) in [5, 5.41) is 7.15. The first kappa shape index (κ1) is 19.0. The van der Waals surface area contributed by atoms with Gasteiger partial charge in [-0.15, -0.1) is 0 Å². The van der Waals surface area contributed by atoms with Gasteiger partial charge in [0.1, 0.15) is 5.75 Å². The lowest BCUT2D eigenvalue weighted by Crippen LogP contribution is -2.65. The molecule has 1 aromatic rings. The Balaban J connectivity index is 1.71. The lowest BCUT2D eigenvalue weighted by Gasteiger charge is -2.62. The van der Waals surface area contributed by atoms with E-state index in [0.717, 1.165) is 24.3 Å². The predicted octanol–water partition coefficient (Wildman–Crippen LogP) is 3.60. The van der Waals surface area contributed by atoms with Crippen LogP contribution in [0.25, 0.3) is 0 Å². The van der Waals surface area contributed by atoms with Crippen LogP contribution in [0.1, 0.15) is 33.6 Å². The van der Waals surface area contributed by atoms with Gasteiger partial charge in [0, 0.05) is 17.8 Å². The van der Waals surface area contributed by atoms with Crippen molar-refractivity contribution in [1.82, 2.24) is 5.32 Å². The summed E-state index contributed by atoms with van der Waals surface area (Å²) in [6.45, 7) is 6.84. The van der Waals surface area contributed by atoms with Gasteiger partial charge in [0.25, 0.3) is 0 Å². The van der Waals surface area contributed by atoms with E-state index < -0.39 is 0 Å². The van der Waals surface area contributed by atoms with Crippen LogP contribution < -0.4 is 15.4 Å². The number of esters is 1. The average molecular weight is 377 g/mol. The Hall–Kier alpha value is -1.82. The largest absolute Gasteiger partial charge is 0.497 e. The van der Waals surface area contributed by atoms with Crippen molar-refractivity contribution in [1.29, 1.82) is 0 Å². The Morgan fingerprint density at radius 3 is 2.77 bits per heavy atom. The summed E-state index contributed by atoms with van der Waals surface area (Å²) in [5.41, 5.74) is 1.09. The van der Waals surface area contributed by atoms with Crippen LogP contribution in [-0.4, -0.2) is 30.8 Å². The van der Waals surface area contributed by atoms with Gasteiger partial charge < -0.3 is 20.1 Å². The van der Waals surface area contributed by atoms with Gasteiger partial charge in [-0.05, 0) is 61.4 Å². The van der Waals surface area contributed by atoms with Crippen LogP contribution in [0, 0.1) is 23.2 Å². The molecule has 3 aliphatic carbocycles. The van der Waals surface area contributed by atoms with Crippen LogP contribution in [-0.2, 0) is 9.53 Å². The second-order valence-electron chi connectivity index (χ2n) is 7.81. The molecule has 0 heterocycles. The number of nitrogens with one attached hydrogen (secondary N) is 2. The summed E-state index contributed by atoms with van der Waals surface area (Å²) in [7, 11) is 1.64. The van der Waals surface area contributed by atoms with Gasteiger partial charge >= 0.3 is 5.97 Å². The molecule has 4 atom stereocenters. The minimum Gasteiger partial charge on any atom is -0.497 e. The third-order valence-corrected chi connectivity index (χ3v) is 6.39. The summed E-state index contributed by atoms with van der Waals surface area (Å²) in [5.74, 6) is 1.51. The molecule has 0 aromatic heterocycles. The number of carbonyl (C=O) groups is 1. The molecule has 4 rings (SSSR count). The number of hydrogen-bond donors (Lipinski definition) is 2. The number of rotatable bonds is 5. The minimum atomic E-state index is -0.142. The van der Waals surface area contributed by atoms with Gasteiger partial charge in [-0.1, -0.05) is 19.9 Å². The van der Waals surface area contributed by atoms with Gasteiger partial charge in [0.05, 0.1) is 19.6 Å². The Labute approximate surface area is 160 Å². The maximum atomic E-state index is 12.5. The molecule has 5 nitrogen and oxygen atoms in total. The number of methoxy groups -OCH3 is 1. The Kier molecular flexibility index (Phi) is 5.42. The van der Waals surface area contributed by atoms with Crippen LogP contribution >= 0.6 is 12.2 Å². The van der Waals surface area contributed by atoms with E-state index in [1.165, 1.54) is 0 Å². The Bertz CT molecular complexity index is 691. The van der Waals surface area contributed by atoms with Crippen molar-refractivity contribution in [3.8, 4) is 5.75 Å². The third-order valence-electron chi connectivity index (χ3n) is 6.17. The van der Waals surface area contributed by atoms with Gasteiger partial charge in [-0.2, -0.15) is 0 Å². The summed E-state index contributed by atoms with van der Waals surface area (Å²) in [6, 6.07) is 7.62. The zero-order chi connectivity index (χ0) is 18.9. The molecule has 0 spiro atoms. The molecule has 0 aliphatic heterocycles. The van der Waals surface area contributed by atoms with Gasteiger partial charge in [0.15, 0.2) is 5.11 Å². The molecule has 1 aromatic carbocycles. The van der Waals surface area contributed by atoms with Crippen molar-refractivity contribution in [3.63, 3.8) is 0 Å². The van der Waals surface area contributed by atoms with Crippen molar-refractivity contribution in [3.05, 3.63) is 24.3 Å². The Morgan fingerprint density at radius 2 is 2.12 bits per heavy atom. The van der Waals surface area contributed by atoms with Crippen molar-refractivity contribution in [2.45, 2.75) is 39.7 Å². The highest BCUT2D eigenvalue weighted by Crippen LogP contribution is 2.60.